The Morgan fingerprint density at radius 1 is 1.00 bits per heavy atom. The fourth-order valence-electron chi connectivity index (χ4n) is 5.26. The van der Waals surface area contributed by atoms with Crippen LogP contribution in [-0.2, 0) is 15.6 Å². The Morgan fingerprint density at radius 2 is 1.54 bits per heavy atom. The topological polar surface area (TPSA) is 38.3 Å². The van der Waals surface area contributed by atoms with Crippen LogP contribution in [0.4, 0.5) is 0 Å². The molecule has 2 saturated heterocycles. The molecule has 142 valence electrons. The summed E-state index contributed by atoms with van der Waals surface area (Å²) in [5, 5.41) is 3.60. The van der Waals surface area contributed by atoms with Gasteiger partial charge in [-0.05, 0) is 66.2 Å². The molecule has 0 amide bonds. The molecular formula is C23H33NO2. The summed E-state index contributed by atoms with van der Waals surface area (Å²) in [5.74, 6) is 0.481. The Morgan fingerprint density at radius 3 is 2.12 bits per heavy atom. The number of Topliss-reactive ketones (excluding diaryl/α,β-unsaturated/α-hetero) is 1. The minimum atomic E-state index is 0.131. The van der Waals surface area contributed by atoms with E-state index in [4.69, 9.17) is 4.74 Å². The van der Waals surface area contributed by atoms with E-state index < -0.39 is 0 Å². The third-order valence-electron chi connectivity index (χ3n) is 7.08. The van der Waals surface area contributed by atoms with E-state index in [2.05, 4.69) is 52.1 Å². The molecule has 1 aliphatic carbocycles. The summed E-state index contributed by atoms with van der Waals surface area (Å²) >= 11 is 0. The molecule has 3 heteroatoms. The molecule has 2 heterocycles. The van der Waals surface area contributed by atoms with Crippen molar-refractivity contribution in [3.05, 3.63) is 34.4 Å². The van der Waals surface area contributed by atoms with Gasteiger partial charge in [0.2, 0.25) is 0 Å². The van der Waals surface area contributed by atoms with E-state index >= 15 is 0 Å². The summed E-state index contributed by atoms with van der Waals surface area (Å²) in [5.41, 5.74) is 5.28. The lowest BCUT2D eigenvalue weighted by Gasteiger charge is -2.43. The first kappa shape index (κ1) is 18.2. The second kappa shape index (κ2) is 6.17. The molecule has 1 aromatic rings. The zero-order valence-corrected chi connectivity index (χ0v) is 16.9. The molecule has 0 radical (unpaired) electrons. The number of piperidine rings is 1. The molecule has 2 atom stereocenters. The number of nitrogens with one attached hydrogen (secondary N) is 1. The van der Waals surface area contributed by atoms with Crippen molar-refractivity contribution in [1.82, 2.24) is 5.32 Å². The first-order valence-corrected chi connectivity index (χ1v) is 10.2. The molecule has 2 aliphatic heterocycles. The lowest BCUT2D eigenvalue weighted by Crippen LogP contribution is -2.55. The number of hydrogen-bond donors (Lipinski definition) is 1. The summed E-state index contributed by atoms with van der Waals surface area (Å²) < 4.78 is 5.64. The van der Waals surface area contributed by atoms with Crippen LogP contribution in [0.25, 0.3) is 0 Å². The maximum Gasteiger partial charge on any atom is 0.166 e. The fourth-order valence-corrected chi connectivity index (χ4v) is 5.26. The van der Waals surface area contributed by atoms with Crippen molar-refractivity contribution in [3.8, 4) is 0 Å². The first-order chi connectivity index (χ1) is 12.2. The molecule has 0 aromatic heterocycles. The van der Waals surface area contributed by atoms with E-state index in [1.165, 1.54) is 24.0 Å². The van der Waals surface area contributed by atoms with Gasteiger partial charge in [0.25, 0.3) is 0 Å². The Hall–Kier alpha value is -1.19. The Balaban J connectivity index is 1.70. The lowest BCUT2D eigenvalue weighted by molar-refractivity contribution is 0.00951. The smallest absolute Gasteiger partial charge is 0.166 e. The van der Waals surface area contributed by atoms with Gasteiger partial charge in [0.1, 0.15) is 0 Å². The largest absolute Gasteiger partial charge is 0.378 e. The van der Waals surface area contributed by atoms with Gasteiger partial charge in [-0.1, -0.05) is 33.8 Å². The summed E-state index contributed by atoms with van der Waals surface area (Å²) in [7, 11) is 0. The van der Waals surface area contributed by atoms with Crippen LogP contribution in [0.1, 0.15) is 80.4 Å². The van der Waals surface area contributed by atoms with Gasteiger partial charge in [0, 0.05) is 23.6 Å². The number of ether oxygens (including phenoxy) is 1. The van der Waals surface area contributed by atoms with Crippen molar-refractivity contribution in [2.75, 3.05) is 13.2 Å². The molecule has 4 rings (SSSR count). The average Bonchev–Trinajstić information content (AvgIpc) is 2.58. The number of aryl methyl sites for hydroxylation is 1. The fraction of sp³-hybridized carbons (Fsp3) is 0.696. The molecule has 3 aliphatic rings. The number of carbonyl (C=O) groups excluding carboxylic acids is 1. The zero-order valence-electron chi connectivity index (χ0n) is 16.9. The first-order valence-electron chi connectivity index (χ1n) is 10.2. The number of morpholine rings is 1. The van der Waals surface area contributed by atoms with Gasteiger partial charge in [0.05, 0.1) is 13.2 Å². The second-order valence-corrected chi connectivity index (χ2v) is 10.1. The van der Waals surface area contributed by atoms with Crippen LogP contribution in [0.2, 0.25) is 0 Å². The van der Waals surface area contributed by atoms with Gasteiger partial charge in [-0.15, -0.1) is 0 Å². The van der Waals surface area contributed by atoms with Crippen molar-refractivity contribution >= 4 is 5.78 Å². The quantitative estimate of drug-likeness (QED) is 0.804. The normalized spacial score (nSPS) is 32.0. The Labute approximate surface area is 157 Å². The predicted molar refractivity (Wildman–Crippen MR) is 105 cm³/mol. The van der Waals surface area contributed by atoms with Crippen LogP contribution in [-0.4, -0.2) is 31.1 Å². The number of rotatable bonds is 2. The second-order valence-electron chi connectivity index (χ2n) is 10.1. The van der Waals surface area contributed by atoms with Crippen LogP contribution in [0.15, 0.2) is 12.1 Å². The van der Waals surface area contributed by atoms with Gasteiger partial charge < -0.3 is 10.1 Å². The van der Waals surface area contributed by atoms with Crippen molar-refractivity contribution in [2.45, 2.75) is 83.2 Å². The monoisotopic (exact) mass is 355 g/mol. The van der Waals surface area contributed by atoms with E-state index in [9.17, 15) is 4.79 Å². The minimum Gasteiger partial charge on any atom is -0.378 e. The van der Waals surface area contributed by atoms with E-state index in [1.807, 2.05) is 0 Å². The van der Waals surface area contributed by atoms with Crippen LogP contribution in [0.3, 0.4) is 0 Å². The van der Waals surface area contributed by atoms with Crippen LogP contribution in [0.5, 0.6) is 0 Å². The van der Waals surface area contributed by atoms with Crippen molar-refractivity contribution in [1.29, 1.82) is 0 Å². The number of benzene rings is 1. The number of fused-ring (bicyclic) bond motifs is 3. The molecule has 1 aromatic carbocycles. The predicted octanol–water partition coefficient (Wildman–Crippen LogP) is 4.29. The van der Waals surface area contributed by atoms with E-state index in [0.717, 1.165) is 37.2 Å². The van der Waals surface area contributed by atoms with Crippen LogP contribution < -0.4 is 5.32 Å². The molecule has 0 saturated carbocycles. The van der Waals surface area contributed by atoms with Gasteiger partial charge >= 0.3 is 0 Å². The van der Waals surface area contributed by atoms with Crippen LogP contribution in [0, 0.1) is 12.8 Å². The standard InChI is InChI=1S/C23H33NO2/c1-14-8-19-20(23(4,5)7-6-22(19,2)3)11-18(14)21(25)15-9-16-12-26-13-17(10-15)24-16/h8,11,15-17,24H,6-7,9-10,12-13H2,1-5H3. The van der Waals surface area contributed by atoms with E-state index in [0.29, 0.717) is 17.9 Å². The SMILES string of the molecule is Cc1cc2c(cc1C(=O)C1CC3COCC(C1)N3)C(C)(C)CCC2(C)C. The zero-order chi connectivity index (χ0) is 18.7. The number of carbonyl (C=O) groups is 1. The van der Waals surface area contributed by atoms with Crippen molar-refractivity contribution in [2.24, 2.45) is 5.92 Å². The van der Waals surface area contributed by atoms with E-state index in [1.54, 1.807) is 0 Å². The lowest BCUT2D eigenvalue weighted by atomic mass is 9.62. The molecule has 3 nitrogen and oxygen atoms in total. The summed E-state index contributed by atoms with van der Waals surface area (Å²) in [6.45, 7) is 12.9. The van der Waals surface area contributed by atoms with Gasteiger partial charge in [0.15, 0.2) is 5.78 Å². The number of ketones is 1. The Kier molecular flexibility index (Phi) is 4.32. The highest BCUT2D eigenvalue weighted by atomic mass is 16.5. The van der Waals surface area contributed by atoms with Gasteiger partial charge in [-0.3, -0.25) is 4.79 Å². The third kappa shape index (κ3) is 3.03. The van der Waals surface area contributed by atoms with Crippen LogP contribution >= 0.6 is 0 Å². The minimum absolute atomic E-state index is 0.131. The molecule has 1 N–H and O–H groups in total. The molecular weight excluding hydrogens is 322 g/mol. The molecule has 2 fully saturated rings. The van der Waals surface area contributed by atoms with Crippen molar-refractivity contribution < 1.29 is 9.53 Å². The van der Waals surface area contributed by atoms with Crippen molar-refractivity contribution in [3.63, 3.8) is 0 Å². The molecule has 2 bridgehead atoms. The average molecular weight is 356 g/mol. The molecule has 2 unspecified atom stereocenters. The van der Waals surface area contributed by atoms with Gasteiger partial charge in [-0.2, -0.15) is 0 Å². The Bertz CT molecular complexity index is 722. The number of hydrogen-bond acceptors (Lipinski definition) is 3. The van der Waals surface area contributed by atoms with E-state index in [-0.39, 0.29) is 16.7 Å². The third-order valence-corrected chi connectivity index (χ3v) is 7.08. The maximum absolute atomic E-state index is 13.4. The summed E-state index contributed by atoms with van der Waals surface area (Å²) in [6, 6.07) is 5.24. The van der Waals surface area contributed by atoms with Gasteiger partial charge in [-0.25, -0.2) is 0 Å². The molecule has 0 spiro atoms. The highest BCUT2D eigenvalue weighted by molar-refractivity contribution is 5.99. The highest BCUT2D eigenvalue weighted by Gasteiger charge is 2.40. The summed E-state index contributed by atoms with van der Waals surface area (Å²) in [4.78, 5) is 13.4. The maximum atomic E-state index is 13.4. The summed E-state index contributed by atoms with van der Waals surface area (Å²) in [6.07, 6.45) is 4.19. The highest BCUT2D eigenvalue weighted by Crippen LogP contribution is 2.46. The molecule has 26 heavy (non-hydrogen) atoms.